The van der Waals surface area contributed by atoms with E-state index in [2.05, 4.69) is 0 Å². The first-order valence-electron chi connectivity index (χ1n) is 4.00. The van der Waals surface area contributed by atoms with Crippen LogP contribution in [0.15, 0.2) is 6.07 Å². The lowest BCUT2D eigenvalue weighted by molar-refractivity contribution is -0.385. The van der Waals surface area contributed by atoms with Gasteiger partial charge >= 0.3 is 0 Å². The van der Waals surface area contributed by atoms with E-state index in [-0.39, 0.29) is 17.2 Å². The number of rotatable bonds is 2. The number of nitro groups is 1. The van der Waals surface area contributed by atoms with Gasteiger partial charge < -0.3 is 9.84 Å². The molecule has 0 aromatic heterocycles. The molecule has 0 aliphatic heterocycles. The predicted molar refractivity (Wildman–Crippen MR) is 50.8 cm³/mol. The molecule has 5 heteroatoms. The Kier molecular flexibility index (Phi) is 2.60. The minimum absolute atomic E-state index is 0.0965. The lowest BCUT2D eigenvalue weighted by atomic mass is 10.1. The Morgan fingerprint density at radius 1 is 1.43 bits per heavy atom. The third kappa shape index (κ3) is 1.48. The Balaban J connectivity index is 3.47. The van der Waals surface area contributed by atoms with Crippen molar-refractivity contribution in [1.82, 2.24) is 0 Å². The van der Waals surface area contributed by atoms with Crippen LogP contribution in [-0.2, 0) is 0 Å². The highest BCUT2D eigenvalue weighted by molar-refractivity contribution is 5.58. The number of nitro benzene ring substituents is 1. The summed E-state index contributed by atoms with van der Waals surface area (Å²) in [6.45, 7) is 3.29. The Bertz CT molecular complexity index is 387. The fourth-order valence-electron chi connectivity index (χ4n) is 1.31. The van der Waals surface area contributed by atoms with Crippen molar-refractivity contribution in [3.05, 3.63) is 27.3 Å². The van der Waals surface area contributed by atoms with Crippen molar-refractivity contribution < 1.29 is 14.8 Å². The van der Waals surface area contributed by atoms with E-state index in [0.29, 0.717) is 11.1 Å². The van der Waals surface area contributed by atoms with Crippen LogP contribution in [0.4, 0.5) is 5.69 Å². The molecule has 0 bridgehead atoms. The Morgan fingerprint density at radius 2 is 2.00 bits per heavy atom. The van der Waals surface area contributed by atoms with E-state index in [0.717, 1.165) is 6.07 Å². The van der Waals surface area contributed by atoms with E-state index in [1.54, 1.807) is 13.8 Å². The fourth-order valence-corrected chi connectivity index (χ4v) is 1.31. The van der Waals surface area contributed by atoms with Gasteiger partial charge in [0.05, 0.1) is 18.1 Å². The lowest BCUT2D eigenvalue weighted by Crippen LogP contribution is -1.97. The average molecular weight is 197 g/mol. The monoisotopic (exact) mass is 197 g/mol. The van der Waals surface area contributed by atoms with Crippen LogP contribution in [0.25, 0.3) is 0 Å². The molecule has 0 saturated heterocycles. The van der Waals surface area contributed by atoms with Crippen LogP contribution in [0.5, 0.6) is 11.5 Å². The first-order chi connectivity index (χ1) is 6.49. The van der Waals surface area contributed by atoms with Crippen molar-refractivity contribution in [3.63, 3.8) is 0 Å². The van der Waals surface area contributed by atoms with Crippen molar-refractivity contribution in [2.75, 3.05) is 7.11 Å². The molecule has 0 saturated carbocycles. The third-order valence-electron chi connectivity index (χ3n) is 2.19. The van der Waals surface area contributed by atoms with Crippen LogP contribution >= 0.6 is 0 Å². The first kappa shape index (κ1) is 10.3. The van der Waals surface area contributed by atoms with E-state index in [1.807, 2.05) is 0 Å². The summed E-state index contributed by atoms with van der Waals surface area (Å²) in [4.78, 5) is 10.1. The van der Waals surface area contributed by atoms with Gasteiger partial charge in [-0.25, -0.2) is 0 Å². The molecule has 5 nitrogen and oxygen atoms in total. The molecule has 76 valence electrons. The van der Waals surface area contributed by atoms with Crippen molar-refractivity contribution >= 4 is 5.69 Å². The van der Waals surface area contributed by atoms with Crippen LogP contribution in [-0.4, -0.2) is 17.1 Å². The van der Waals surface area contributed by atoms with Crippen molar-refractivity contribution in [2.24, 2.45) is 0 Å². The molecular formula is C9H11NO4. The first-order valence-corrected chi connectivity index (χ1v) is 4.00. The van der Waals surface area contributed by atoms with Crippen LogP contribution in [0, 0.1) is 24.0 Å². The van der Waals surface area contributed by atoms with Gasteiger partial charge in [-0.1, -0.05) is 0 Å². The summed E-state index contributed by atoms with van der Waals surface area (Å²) in [7, 11) is 1.41. The maximum Gasteiger partial charge on any atom is 0.276 e. The van der Waals surface area contributed by atoms with Gasteiger partial charge in [0.1, 0.15) is 0 Å². The zero-order valence-corrected chi connectivity index (χ0v) is 8.20. The molecule has 14 heavy (non-hydrogen) atoms. The van der Waals surface area contributed by atoms with Gasteiger partial charge in [-0.05, 0) is 13.8 Å². The van der Waals surface area contributed by atoms with Gasteiger partial charge in [0.25, 0.3) is 5.69 Å². The number of hydrogen-bond acceptors (Lipinski definition) is 4. The normalized spacial score (nSPS) is 9.93. The maximum atomic E-state index is 10.6. The molecule has 0 heterocycles. The van der Waals surface area contributed by atoms with Crippen molar-refractivity contribution in [3.8, 4) is 11.5 Å². The number of ether oxygens (including phenoxy) is 1. The summed E-state index contributed by atoms with van der Waals surface area (Å²) in [5, 5.41) is 20.0. The van der Waals surface area contributed by atoms with Gasteiger partial charge in [-0.3, -0.25) is 10.1 Å². The average Bonchev–Trinajstić information content (AvgIpc) is 2.12. The van der Waals surface area contributed by atoms with Crippen LogP contribution in [0.3, 0.4) is 0 Å². The minimum atomic E-state index is -0.526. The number of phenols is 1. The molecule has 0 atom stereocenters. The molecular weight excluding hydrogens is 186 g/mol. The van der Waals surface area contributed by atoms with Gasteiger partial charge in [-0.2, -0.15) is 0 Å². The highest BCUT2D eigenvalue weighted by atomic mass is 16.6. The number of benzene rings is 1. The Morgan fingerprint density at radius 3 is 2.43 bits per heavy atom. The van der Waals surface area contributed by atoms with Crippen LogP contribution in [0.2, 0.25) is 0 Å². The summed E-state index contributed by atoms with van der Waals surface area (Å²) < 4.78 is 4.92. The molecule has 0 spiro atoms. The Labute approximate surface area is 81.1 Å². The second-order valence-corrected chi connectivity index (χ2v) is 2.96. The van der Waals surface area contributed by atoms with E-state index >= 15 is 0 Å². The summed E-state index contributed by atoms with van der Waals surface area (Å²) >= 11 is 0. The Hall–Kier alpha value is -1.78. The number of aromatic hydroxyl groups is 1. The number of nitrogens with zero attached hydrogens (tertiary/aromatic N) is 1. The zero-order valence-electron chi connectivity index (χ0n) is 8.20. The highest BCUT2D eigenvalue weighted by Gasteiger charge is 2.19. The molecule has 0 amide bonds. The molecule has 0 radical (unpaired) electrons. The van der Waals surface area contributed by atoms with Gasteiger partial charge in [-0.15, -0.1) is 0 Å². The molecule has 0 aliphatic rings. The van der Waals surface area contributed by atoms with Crippen LogP contribution in [0.1, 0.15) is 11.1 Å². The van der Waals surface area contributed by atoms with E-state index in [9.17, 15) is 15.2 Å². The predicted octanol–water partition coefficient (Wildman–Crippen LogP) is 1.93. The molecule has 1 rings (SSSR count). The molecule has 1 aromatic carbocycles. The summed E-state index contributed by atoms with van der Waals surface area (Å²) in [5.74, 6) is 0.0791. The second kappa shape index (κ2) is 3.53. The number of phenolic OH excluding ortho intramolecular Hbond substituents is 1. The molecule has 0 unspecified atom stereocenters. The summed E-state index contributed by atoms with van der Waals surface area (Å²) in [6, 6.07) is 1.10. The van der Waals surface area contributed by atoms with Crippen molar-refractivity contribution in [2.45, 2.75) is 13.8 Å². The number of methoxy groups -OCH3 is 1. The standard InChI is InChI=1S/C9H11NO4/c1-5-6(2)9(14-3)8(11)4-7(5)10(12)13/h4,11H,1-3H3. The highest BCUT2D eigenvalue weighted by Crippen LogP contribution is 2.37. The fraction of sp³-hybridized carbons (Fsp3) is 0.333. The lowest BCUT2D eigenvalue weighted by Gasteiger charge is -2.09. The topological polar surface area (TPSA) is 72.6 Å². The molecule has 0 aliphatic carbocycles. The molecule has 0 fully saturated rings. The van der Waals surface area contributed by atoms with Gasteiger partial charge in [0.15, 0.2) is 11.5 Å². The number of hydrogen-bond donors (Lipinski definition) is 1. The SMILES string of the molecule is COc1c(O)cc([N+](=O)[O-])c(C)c1C. The smallest absolute Gasteiger partial charge is 0.276 e. The molecule has 1 N–H and O–H groups in total. The van der Waals surface area contributed by atoms with E-state index < -0.39 is 4.92 Å². The quantitative estimate of drug-likeness (QED) is 0.580. The largest absolute Gasteiger partial charge is 0.504 e. The second-order valence-electron chi connectivity index (χ2n) is 2.96. The molecule has 1 aromatic rings. The summed E-state index contributed by atoms with van der Waals surface area (Å²) in [6.07, 6.45) is 0. The van der Waals surface area contributed by atoms with Crippen LogP contribution < -0.4 is 4.74 Å². The zero-order chi connectivity index (χ0) is 10.9. The minimum Gasteiger partial charge on any atom is -0.504 e. The van der Waals surface area contributed by atoms with Gasteiger partial charge in [0, 0.05) is 11.1 Å². The van der Waals surface area contributed by atoms with E-state index in [4.69, 9.17) is 4.74 Å². The summed E-state index contributed by atoms with van der Waals surface area (Å²) in [5.41, 5.74) is 0.990. The third-order valence-corrected chi connectivity index (χ3v) is 2.19. The van der Waals surface area contributed by atoms with Crippen molar-refractivity contribution in [1.29, 1.82) is 0 Å². The van der Waals surface area contributed by atoms with Gasteiger partial charge in [0.2, 0.25) is 0 Å². The van der Waals surface area contributed by atoms with E-state index in [1.165, 1.54) is 7.11 Å². The maximum absolute atomic E-state index is 10.6.